The number of quaternary nitrogens is 1. The van der Waals surface area contributed by atoms with Gasteiger partial charge in [-0.25, -0.2) is 0 Å². The Morgan fingerprint density at radius 3 is 2.15 bits per heavy atom. The van der Waals surface area contributed by atoms with Crippen LogP contribution < -0.4 is 5.32 Å². The quantitative estimate of drug-likeness (QED) is 0.796. The van der Waals surface area contributed by atoms with Crippen molar-refractivity contribution in [1.82, 2.24) is 0 Å². The van der Waals surface area contributed by atoms with E-state index >= 15 is 0 Å². The molecule has 0 unspecified atom stereocenters. The Labute approximate surface area is 127 Å². The van der Waals surface area contributed by atoms with Crippen molar-refractivity contribution in [3.05, 3.63) is 28.3 Å². The maximum atomic E-state index is 12.3. The van der Waals surface area contributed by atoms with Crippen LogP contribution in [0.5, 0.6) is 0 Å². The fourth-order valence-corrected chi connectivity index (χ4v) is 2.93. The highest BCUT2D eigenvalue weighted by molar-refractivity contribution is 6.34. The van der Waals surface area contributed by atoms with Crippen molar-refractivity contribution >= 4 is 23.2 Å². The average molecular weight is 298 g/mol. The molecule has 0 aliphatic rings. The van der Waals surface area contributed by atoms with Gasteiger partial charge in [0.15, 0.2) is 6.54 Å². The number of nitrogens with one attached hydrogen (secondary N) is 1. The fraction of sp³-hybridized carbons (Fsp3) is 0.562. The Hall–Kier alpha value is -1.06. The van der Waals surface area contributed by atoms with E-state index in [2.05, 4.69) is 26.1 Å². The maximum absolute atomic E-state index is 12.3. The first kappa shape index (κ1) is 17.0. The molecule has 0 atom stereocenters. The van der Waals surface area contributed by atoms with Gasteiger partial charge in [-0.1, -0.05) is 17.7 Å². The van der Waals surface area contributed by atoms with Gasteiger partial charge < -0.3 is 9.80 Å². The average Bonchev–Trinajstić information content (AvgIpc) is 2.40. The summed E-state index contributed by atoms with van der Waals surface area (Å²) in [5, 5.41) is 3.59. The summed E-state index contributed by atoms with van der Waals surface area (Å²) in [6.07, 6.45) is 0. The highest BCUT2D eigenvalue weighted by Crippen LogP contribution is 2.27. The summed E-state index contributed by atoms with van der Waals surface area (Å²) in [6, 6.07) is 3.91. The van der Waals surface area contributed by atoms with E-state index < -0.39 is 0 Å². The molecule has 0 radical (unpaired) electrons. The normalized spacial score (nSPS) is 11.5. The van der Waals surface area contributed by atoms with E-state index in [1.165, 1.54) is 0 Å². The van der Waals surface area contributed by atoms with Crippen molar-refractivity contribution in [2.75, 3.05) is 31.5 Å². The van der Waals surface area contributed by atoms with Crippen LogP contribution in [0.2, 0.25) is 5.02 Å². The van der Waals surface area contributed by atoms with Crippen LogP contribution in [0.1, 0.15) is 31.9 Å². The minimum atomic E-state index is 0.0319. The predicted octanol–water partition coefficient (Wildman–Crippen LogP) is 3.77. The van der Waals surface area contributed by atoms with E-state index in [1.807, 2.05) is 26.0 Å². The van der Waals surface area contributed by atoms with Crippen molar-refractivity contribution in [3.8, 4) is 0 Å². The molecule has 112 valence electrons. The number of carbonyl (C=O) groups excluding carboxylic acids is 1. The van der Waals surface area contributed by atoms with E-state index in [4.69, 9.17) is 11.6 Å². The van der Waals surface area contributed by atoms with Crippen molar-refractivity contribution in [1.29, 1.82) is 0 Å². The van der Waals surface area contributed by atoms with Gasteiger partial charge in [-0.3, -0.25) is 4.79 Å². The third kappa shape index (κ3) is 3.97. The molecule has 4 heteroatoms. The first-order valence-electron chi connectivity index (χ1n) is 7.29. The number of nitrogens with zero attached hydrogens (tertiary/aromatic N) is 1. The summed E-state index contributed by atoms with van der Waals surface area (Å²) >= 11 is 6.23. The van der Waals surface area contributed by atoms with E-state index in [1.54, 1.807) is 0 Å². The van der Waals surface area contributed by atoms with Crippen LogP contribution in [0.3, 0.4) is 0 Å². The third-order valence-electron chi connectivity index (χ3n) is 4.19. The summed E-state index contributed by atoms with van der Waals surface area (Å²) < 4.78 is 0.800. The molecule has 3 nitrogen and oxygen atoms in total. The molecule has 0 bridgehead atoms. The lowest BCUT2D eigenvalue weighted by Crippen LogP contribution is -2.51. The number of halogens is 1. The number of anilines is 1. The minimum Gasteiger partial charge on any atom is -0.320 e. The third-order valence-corrected chi connectivity index (χ3v) is 4.49. The highest BCUT2D eigenvalue weighted by Gasteiger charge is 2.25. The van der Waals surface area contributed by atoms with Gasteiger partial charge >= 0.3 is 0 Å². The van der Waals surface area contributed by atoms with E-state index in [0.717, 1.165) is 40.9 Å². The Kier molecular flexibility index (Phi) is 6.03. The van der Waals surface area contributed by atoms with E-state index in [0.29, 0.717) is 11.6 Å². The number of rotatable bonds is 6. The highest BCUT2D eigenvalue weighted by atomic mass is 35.5. The second kappa shape index (κ2) is 7.09. The molecule has 0 aliphatic heterocycles. The molecule has 0 saturated heterocycles. The molecule has 1 aromatic carbocycles. The molecule has 0 aliphatic carbocycles. The van der Waals surface area contributed by atoms with Crippen LogP contribution >= 0.6 is 11.6 Å². The van der Waals surface area contributed by atoms with Crippen molar-refractivity contribution in [3.63, 3.8) is 0 Å². The van der Waals surface area contributed by atoms with Gasteiger partial charge in [0, 0.05) is 0 Å². The molecule has 1 N–H and O–H groups in total. The van der Waals surface area contributed by atoms with Gasteiger partial charge in [-0.15, -0.1) is 0 Å². The molecule has 0 fully saturated rings. The second-order valence-electron chi connectivity index (χ2n) is 5.44. The number of amides is 1. The van der Waals surface area contributed by atoms with Crippen LogP contribution in [-0.4, -0.2) is 36.6 Å². The summed E-state index contributed by atoms with van der Waals surface area (Å²) in [7, 11) is 0. The zero-order chi connectivity index (χ0) is 15.3. The van der Waals surface area contributed by atoms with E-state index in [-0.39, 0.29) is 5.91 Å². The summed E-state index contributed by atoms with van der Waals surface area (Å²) in [5.41, 5.74) is 2.85. The molecule has 0 spiro atoms. The fourth-order valence-electron chi connectivity index (χ4n) is 2.56. The molecule has 1 amide bonds. The van der Waals surface area contributed by atoms with Crippen LogP contribution in [0.25, 0.3) is 0 Å². The largest absolute Gasteiger partial charge is 0.320 e. The zero-order valence-electron chi connectivity index (χ0n) is 13.2. The van der Waals surface area contributed by atoms with Gasteiger partial charge in [0.25, 0.3) is 5.91 Å². The van der Waals surface area contributed by atoms with Crippen molar-refractivity contribution in [2.24, 2.45) is 0 Å². The smallest absolute Gasteiger partial charge is 0.279 e. The Morgan fingerprint density at radius 1 is 1.15 bits per heavy atom. The van der Waals surface area contributed by atoms with Gasteiger partial charge in [0.2, 0.25) is 0 Å². The molecular formula is C16H26ClN2O+. The van der Waals surface area contributed by atoms with Crippen molar-refractivity contribution in [2.45, 2.75) is 34.6 Å². The summed E-state index contributed by atoms with van der Waals surface area (Å²) in [6.45, 7) is 13.7. The monoisotopic (exact) mass is 297 g/mol. The van der Waals surface area contributed by atoms with E-state index in [9.17, 15) is 4.79 Å². The maximum Gasteiger partial charge on any atom is 0.279 e. The SMILES string of the molecule is CC[N+](CC)(CC)CC(=O)Nc1c(C)cc(C)cc1Cl. The first-order valence-corrected chi connectivity index (χ1v) is 7.67. The van der Waals surface area contributed by atoms with Crippen molar-refractivity contribution < 1.29 is 9.28 Å². The first-order chi connectivity index (χ1) is 9.37. The Bertz CT molecular complexity index is 450. The second-order valence-corrected chi connectivity index (χ2v) is 5.84. The topological polar surface area (TPSA) is 29.1 Å². The lowest BCUT2D eigenvalue weighted by Gasteiger charge is -2.35. The molecule has 20 heavy (non-hydrogen) atoms. The number of benzene rings is 1. The van der Waals surface area contributed by atoms with Crippen LogP contribution in [0.15, 0.2) is 12.1 Å². The molecule has 0 aromatic heterocycles. The Balaban J connectivity index is 2.87. The van der Waals surface area contributed by atoms with Crippen LogP contribution in [-0.2, 0) is 4.79 Å². The predicted molar refractivity (Wildman–Crippen MR) is 86.3 cm³/mol. The van der Waals surface area contributed by atoms with Gasteiger partial charge in [-0.2, -0.15) is 0 Å². The molecule has 0 heterocycles. The number of hydrogen-bond donors (Lipinski definition) is 1. The van der Waals surface area contributed by atoms with Gasteiger partial charge in [0.1, 0.15) is 0 Å². The Morgan fingerprint density at radius 2 is 1.70 bits per heavy atom. The summed E-state index contributed by atoms with van der Waals surface area (Å²) in [5.74, 6) is 0.0319. The number of carbonyl (C=O) groups is 1. The van der Waals surface area contributed by atoms with Gasteiger partial charge in [0.05, 0.1) is 30.3 Å². The minimum absolute atomic E-state index is 0.0319. The molecule has 0 saturated carbocycles. The lowest BCUT2D eigenvalue weighted by molar-refractivity contribution is -0.915. The standard InChI is InChI=1S/C16H25ClN2O/c1-6-19(7-2,8-3)11-15(20)18-16-13(5)9-12(4)10-14(16)17/h9-10H,6-8,11H2,1-5H3/p+1. The number of likely N-dealkylation sites (N-methyl/N-ethyl adjacent to an activating group) is 1. The lowest BCUT2D eigenvalue weighted by atomic mass is 10.1. The zero-order valence-corrected chi connectivity index (χ0v) is 14.0. The van der Waals surface area contributed by atoms with Crippen LogP contribution in [0, 0.1) is 13.8 Å². The van der Waals surface area contributed by atoms with Crippen LogP contribution in [0.4, 0.5) is 5.69 Å². The molecular weight excluding hydrogens is 272 g/mol. The number of hydrogen-bond acceptors (Lipinski definition) is 1. The number of aryl methyl sites for hydroxylation is 2. The van der Waals surface area contributed by atoms with Gasteiger partial charge in [-0.05, 0) is 51.8 Å². The summed E-state index contributed by atoms with van der Waals surface area (Å²) in [4.78, 5) is 12.3. The molecule has 1 rings (SSSR count). The molecule has 1 aromatic rings.